The van der Waals surface area contributed by atoms with E-state index in [0.29, 0.717) is 5.69 Å². The molecular formula is C13H9F3N2O. The molecule has 2 aromatic rings. The van der Waals surface area contributed by atoms with E-state index in [1.165, 1.54) is 12.1 Å². The maximum atomic E-state index is 12.1. The molecule has 3 nitrogen and oxygen atoms in total. The van der Waals surface area contributed by atoms with Crippen LogP contribution in [0.2, 0.25) is 0 Å². The van der Waals surface area contributed by atoms with Crippen LogP contribution in [0.5, 0.6) is 0 Å². The summed E-state index contributed by atoms with van der Waals surface area (Å²) < 4.78 is 36.4. The minimum absolute atomic E-state index is 0.135. The van der Waals surface area contributed by atoms with Gasteiger partial charge in [-0.3, -0.25) is 4.79 Å². The molecule has 0 spiro atoms. The van der Waals surface area contributed by atoms with Crippen molar-refractivity contribution in [2.75, 3.05) is 5.32 Å². The standard InChI is InChI=1S/C13H9F3N2O/c14-13(15,16)12(19)18-11-8-4-7-10(17-11)9-5-2-1-3-6-9/h1-8H,(H,17,18,19). The second kappa shape index (κ2) is 5.09. The van der Waals surface area contributed by atoms with E-state index in [1.807, 2.05) is 6.07 Å². The molecule has 0 saturated carbocycles. The van der Waals surface area contributed by atoms with Gasteiger partial charge in [-0.25, -0.2) is 4.98 Å². The Kier molecular flexibility index (Phi) is 3.50. The molecule has 0 saturated heterocycles. The molecule has 1 aromatic carbocycles. The van der Waals surface area contributed by atoms with Crippen LogP contribution in [-0.2, 0) is 4.79 Å². The van der Waals surface area contributed by atoms with E-state index in [9.17, 15) is 18.0 Å². The molecule has 2 rings (SSSR count). The van der Waals surface area contributed by atoms with Crippen molar-refractivity contribution >= 4 is 11.7 Å². The summed E-state index contributed by atoms with van der Waals surface area (Å²) in [5.41, 5.74) is 1.24. The van der Waals surface area contributed by atoms with Crippen molar-refractivity contribution in [1.29, 1.82) is 0 Å². The van der Waals surface area contributed by atoms with Gasteiger partial charge in [0.15, 0.2) is 0 Å². The van der Waals surface area contributed by atoms with Crippen LogP contribution in [0.4, 0.5) is 19.0 Å². The largest absolute Gasteiger partial charge is 0.471 e. The first-order chi connectivity index (χ1) is 8.97. The molecule has 1 aromatic heterocycles. The molecule has 0 unspecified atom stereocenters. The quantitative estimate of drug-likeness (QED) is 0.906. The third-order valence-corrected chi connectivity index (χ3v) is 2.32. The van der Waals surface area contributed by atoms with E-state index in [4.69, 9.17) is 0 Å². The number of aromatic nitrogens is 1. The summed E-state index contributed by atoms with van der Waals surface area (Å²) in [6, 6.07) is 13.4. The second-order valence-electron chi connectivity index (χ2n) is 3.73. The van der Waals surface area contributed by atoms with E-state index in [1.54, 1.807) is 35.6 Å². The summed E-state index contributed by atoms with van der Waals surface area (Å²) in [5, 5.41) is 1.72. The molecule has 1 amide bonds. The Balaban J connectivity index is 2.24. The maximum absolute atomic E-state index is 12.1. The van der Waals surface area contributed by atoms with E-state index < -0.39 is 12.1 Å². The highest BCUT2D eigenvalue weighted by Crippen LogP contribution is 2.20. The van der Waals surface area contributed by atoms with Gasteiger partial charge in [-0.05, 0) is 12.1 Å². The SMILES string of the molecule is O=C(Nc1cccc(-c2ccccc2)n1)C(F)(F)F. The van der Waals surface area contributed by atoms with Crippen LogP contribution in [0.15, 0.2) is 48.5 Å². The fourth-order valence-corrected chi connectivity index (χ4v) is 1.46. The minimum Gasteiger partial charge on any atom is -0.303 e. The average Bonchev–Trinajstić information content (AvgIpc) is 2.39. The Morgan fingerprint density at radius 2 is 1.68 bits per heavy atom. The van der Waals surface area contributed by atoms with Crippen LogP contribution in [0.3, 0.4) is 0 Å². The van der Waals surface area contributed by atoms with Crippen LogP contribution in [0.1, 0.15) is 0 Å². The van der Waals surface area contributed by atoms with Crippen LogP contribution < -0.4 is 5.32 Å². The molecule has 19 heavy (non-hydrogen) atoms. The highest BCUT2D eigenvalue weighted by molar-refractivity contribution is 5.94. The average molecular weight is 266 g/mol. The number of halogens is 3. The van der Waals surface area contributed by atoms with E-state index in [2.05, 4.69) is 4.98 Å². The van der Waals surface area contributed by atoms with Gasteiger partial charge in [-0.15, -0.1) is 0 Å². The molecule has 0 atom stereocenters. The zero-order chi connectivity index (χ0) is 13.9. The summed E-state index contributed by atoms with van der Waals surface area (Å²) in [5.74, 6) is -2.17. The molecule has 1 heterocycles. The first-order valence-corrected chi connectivity index (χ1v) is 5.37. The smallest absolute Gasteiger partial charge is 0.303 e. The van der Waals surface area contributed by atoms with Gasteiger partial charge in [0.1, 0.15) is 5.82 Å². The van der Waals surface area contributed by atoms with Gasteiger partial charge in [-0.1, -0.05) is 36.4 Å². The van der Waals surface area contributed by atoms with Crippen LogP contribution in [0.25, 0.3) is 11.3 Å². The van der Waals surface area contributed by atoms with Crippen molar-refractivity contribution in [1.82, 2.24) is 4.98 Å². The molecule has 0 aliphatic heterocycles. The highest BCUT2D eigenvalue weighted by Gasteiger charge is 2.38. The zero-order valence-electron chi connectivity index (χ0n) is 9.61. The Morgan fingerprint density at radius 3 is 2.32 bits per heavy atom. The molecule has 0 fully saturated rings. The third-order valence-electron chi connectivity index (χ3n) is 2.32. The number of hydrogen-bond acceptors (Lipinski definition) is 2. The van der Waals surface area contributed by atoms with E-state index in [0.717, 1.165) is 5.56 Å². The Morgan fingerprint density at radius 1 is 1.00 bits per heavy atom. The predicted molar refractivity (Wildman–Crippen MR) is 64.4 cm³/mol. The maximum Gasteiger partial charge on any atom is 0.471 e. The highest BCUT2D eigenvalue weighted by atomic mass is 19.4. The second-order valence-corrected chi connectivity index (χ2v) is 3.73. The number of alkyl halides is 3. The lowest BCUT2D eigenvalue weighted by Gasteiger charge is -2.08. The number of carbonyl (C=O) groups excluding carboxylic acids is 1. The monoisotopic (exact) mass is 266 g/mol. The van der Waals surface area contributed by atoms with Gasteiger partial charge >= 0.3 is 12.1 Å². The number of pyridine rings is 1. The first kappa shape index (κ1) is 13.1. The van der Waals surface area contributed by atoms with Crippen molar-refractivity contribution in [3.63, 3.8) is 0 Å². The van der Waals surface area contributed by atoms with Crippen molar-refractivity contribution in [2.24, 2.45) is 0 Å². The molecule has 0 aliphatic carbocycles. The number of anilines is 1. The summed E-state index contributed by atoms with van der Waals surface area (Å²) in [7, 11) is 0. The molecular weight excluding hydrogens is 257 g/mol. The summed E-state index contributed by atoms with van der Waals surface area (Å²) in [6.07, 6.45) is -4.93. The topological polar surface area (TPSA) is 42.0 Å². The molecule has 1 N–H and O–H groups in total. The number of hydrogen-bond donors (Lipinski definition) is 1. The summed E-state index contributed by atoms with van der Waals surface area (Å²) in [4.78, 5) is 14.8. The van der Waals surface area contributed by atoms with Gasteiger partial charge in [0.25, 0.3) is 0 Å². The molecule has 6 heteroatoms. The number of carbonyl (C=O) groups is 1. The molecule has 0 bridgehead atoms. The van der Waals surface area contributed by atoms with E-state index in [-0.39, 0.29) is 5.82 Å². The zero-order valence-corrected chi connectivity index (χ0v) is 9.61. The predicted octanol–water partition coefficient (Wildman–Crippen LogP) is 3.25. The van der Waals surface area contributed by atoms with Crippen molar-refractivity contribution < 1.29 is 18.0 Å². The van der Waals surface area contributed by atoms with Gasteiger partial charge in [0.2, 0.25) is 0 Å². The lowest BCUT2D eigenvalue weighted by Crippen LogP contribution is -2.30. The van der Waals surface area contributed by atoms with Crippen molar-refractivity contribution in [3.05, 3.63) is 48.5 Å². The van der Waals surface area contributed by atoms with Gasteiger partial charge in [-0.2, -0.15) is 13.2 Å². The Labute approximate surface area is 107 Å². The first-order valence-electron chi connectivity index (χ1n) is 5.37. The number of nitrogens with zero attached hydrogens (tertiary/aromatic N) is 1. The lowest BCUT2D eigenvalue weighted by atomic mass is 10.1. The van der Waals surface area contributed by atoms with Crippen molar-refractivity contribution in [2.45, 2.75) is 6.18 Å². The Bertz CT molecular complexity index is 582. The minimum atomic E-state index is -4.93. The number of nitrogens with one attached hydrogen (secondary N) is 1. The van der Waals surface area contributed by atoms with Crippen LogP contribution in [-0.4, -0.2) is 17.1 Å². The third kappa shape index (κ3) is 3.31. The lowest BCUT2D eigenvalue weighted by molar-refractivity contribution is -0.167. The van der Waals surface area contributed by atoms with Gasteiger partial charge in [0.05, 0.1) is 5.69 Å². The Hall–Kier alpha value is -2.37. The number of rotatable bonds is 2. The van der Waals surface area contributed by atoms with Crippen LogP contribution in [0, 0.1) is 0 Å². The molecule has 0 aliphatic rings. The molecule has 98 valence electrons. The fraction of sp³-hybridized carbons (Fsp3) is 0.0769. The molecule has 0 radical (unpaired) electrons. The van der Waals surface area contributed by atoms with Gasteiger partial charge < -0.3 is 5.32 Å². The number of amides is 1. The number of benzene rings is 1. The van der Waals surface area contributed by atoms with Gasteiger partial charge in [0, 0.05) is 5.56 Å². The fourth-order valence-electron chi connectivity index (χ4n) is 1.46. The van der Waals surface area contributed by atoms with Crippen LogP contribution >= 0.6 is 0 Å². The van der Waals surface area contributed by atoms with E-state index >= 15 is 0 Å². The van der Waals surface area contributed by atoms with Crippen molar-refractivity contribution in [3.8, 4) is 11.3 Å². The summed E-state index contributed by atoms with van der Waals surface area (Å²) in [6.45, 7) is 0. The summed E-state index contributed by atoms with van der Waals surface area (Å²) >= 11 is 0. The normalized spacial score (nSPS) is 11.1.